The number of aryl methyl sites for hydroxylation is 2. The highest BCUT2D eigenvalue weighted by molar-refractivity contribution is 7.99. The standard InChI is InChI=1S/C22H28O5S/c1-14-10-16(6-8-18(14)26-12-20(23)22(3,4)5)28-17-7-9-19(15(2)11-17)27-13-21(24)25/h6-11,20,23H,12-13H2,1-5H3,(H,24,25). The van der Waals surface area contributed by atoms with E-state index in [0.717, 1.165) is 26.7 Å². The first-order valence-corrected chi connectivity index (χ1v) is 9.92. The van der Waals surface area contributed by atoms with E-state index < -0.39 is 12.1 Å². The Morgan fingerprint density at radius 2 is 1.50 bits per heavy atom. The molecular formula is C22H28O5S. The van der Waals surface area contributed by atoms with Gasteiger partial charge in [0.25, 0.3) is 0 Å². The van der Waals surface area contributed by atoms with Crippen LogP contribution in [0.25, 0.3) is 0 Å². The van der Waals surface area contributed by atoms with Crippen molar-refractivity contribution < 1.29 is 24.5 Å². The highest BCUT2D eigenvalue weighted by atomic mass is 32.2. The van der Waals surface area contributed by atoms with Gasteiger partial charge in [0, 0.05) is 9.79 Å². The molecule has 0 bridgehead atoms. The van der Waals surface area contributed by atoms with Gasteiger partial charge in [-0.2, -0.15) is 0 Å². The fraction of sp³-hybridized carbons (Fsp3) is 0.409. The third kappa shape index (κ3) is 6.46. The Morgan fingerprint density at radius 1 is 1.00 bits per heavy atom. The molecular weight excluding hydrogens is 376 g/mol. The first-order valence-electron chi connectivity index (χ1n) is 9.11. The lowest BCUT2D eigenvalue weighted by molar-refractivity contribution is -0.139. The zero-order chi connectivity index (χ0) is 20.9. The fourth-order valence-electron chi connectivity index (χ4n) is 2.39. The van der Waals surface area contributed by atoms with E-state index in [1.165, 1.54) is 0 Å². The van der Waals surface area contributed by atoms with Crippen LogP contribution in [0.1, 0.15) is 31.9 Å². The number of hydrogen-bond acceptors (Lipinski definition) is 5. The molecule has 0 aliphatic heterocycles. The van der Waals surface area contributed by atoms with Crippen LogP contribution in [0.5, 0.6) is 11.5 Å². The Balaban J connectivity index is 2.02. The van der Waals surface area contributed by atoms with Crippen molar-refractivity contribution in [2.75, 3.05) is 13.2 Å². The molecule has 2 rings (SSSR count). The van der Waals surface area contributed by atoms with E-state index >= 15 is 0 Å². The number of aliphatic hydroxyl groups excluding tert-OH is 1. The van der Waals surface area contributed by atoms with E-state index in [1.54, 1.807) is 17.8 Å². The maximum absolute atomic E-state index is 10.6. The lowest BCUT2D eigenvalue weighted by atomic mass is 9.90. The lowest BCUT2D eigenvalue weighted by Gasteiger charge is -2.26. The number of ether oxygens (including phenoxy) is 2. The van der Waals surface area contributed by atoms with Crippen LogP contribution in [0, 0.1) is 19.3 Å². The molecule has 152 valence electrons. The summed E-state index contributed by atoms with van der Waals surface area (Å²) in [7, 11) is 0. The molecule has 0 saturated carbocycles. The van der Waals surface area contributed by atoms with Crippen molar-refractivity contribution in [2.45, 2.75) is 50.5 Å². The third-order valence-electron chi connectivity index (χ3n) is 4.28. The molecule has 0 saturated heterocycles. The van der Waals surface area contributed by atoms with Gasteiger partial charge in [0.15, 0.2) is 6.61 Å². The number of carboxylic acids is 1. The molecule has 2 aromatic carbocycles. The number of carboxylic acid groups (broad SMARTS) is 1. The van der Waals surface area contributed by atoms with Crippen molar-refractivity contribution in [1.29, 1.82) is 0 Å². The smallest absolute Gasteiger partial charge is 0.341 e. The Kier molecular flexibility index (Phi) is 7.38. The molecule has 6 heteroatoms. The molecule has 0 radical (unpaired) electrons. The van der Waals surface area contributed by atoms with Crippen LogP contribution < -0.4 is 9.47 Å². The summed E-state index contributed by atoms with van der Waals surface area (Å²) in [5, 5.41) is 18.9. The summed E-state index contributed by atoms with van der Waals surface area (Å²) in [4.78, 5) is 12.7. The SMILES string of the molecule is Cc1cc(Sc2ccc(OCC(O)C(C)(C)C)c(C)c2)ccc1OCC(=O)O. The molecule has 2 N–H and O–H groups in total. The summed E-state index contributed by atoms with van der Waals surface area (Å²) >= 11 is 1.61. The summed E-state index contributed by atoms with van der Waals surface area (Å²) in [6.07, 6.45) is -0.536. The van der Waals surface area contributed by atoms with E-state index in [-0.39, 0.29) is 18.6 Å². The van der Waals surface area contributed by atoms with Gasteiger partial charge in [0.05, 0.1) is 6.10 Å². The van der Waals surface area contributed by atoms with Gasteiger partial charge in [-0.1, -0.05) is 32.5 Å². The zero-order valence-electron chi connectivity index (χ0n) is 17.0. The predicted molar refractivity (Wildman–Crippen MR) is 111 cm³/mol. The van der Waals surface area contributed by atoms with Gasteiger partial charge in [-0.05, 0) is 66.8 Å². The number of aliphatic hydroxyl groups is 1. The molecule has 0 heterocycles. The number of hydrogen-bond donors (Lipinski definition) is 2. The van der Waals surface area contributed by atoms with Crippen LogP contribution in [-0.2, 0) is 4.79 Å². The van der Waals surface area contributed by atoms with Gasteiger partial charge < -0.3 is 19.7 Å². The van der Waals surface area contributed by atoms with E-state index in [0.29, 0.717) is 5.75 Å². The predicted octanol–water partition coefficient (Wildman–Crippen LogP) is 4.70. The Labute approximate surface area is 170 Å². The maximum Gasteiger partial charge on any atom is 0.341 e. The number of benzene rings is 2. The largest absolute Gasteiger partial charge is 0.491 e. The zero-order valence-corrected chi connectivity index (χ0v) is 17.8. The average molecular weight is 405 g/mol. The molecule has 0 amide bonds. The molecule has 1 unspecified atom stereocenters. The van der Waals surface area contributed by atoms with Gasteiger partial charge in [0.1, 0.15) is 18.1 Å². The quantitative estimate of drug-likeness (QED) is 0.664. The monoisotopic (exact) mass is 404 g/mol. The summed E-state index contributed by atoms with van der Waals surface area (Å²) < 4.78 is 11.1. The topological polar surface area (TPSA) is 76.0 Å². The van der Waals surface area contributed by atoms with E-state index in [2.05, 4.69) is 0 Å². The van der Waals surface area contributed by atoms with Gasteiger partial charge in [-0.3, -0.25) is 0 Å². The minimum atomic E-state index is -0.995. The molecule has 0 aliphatic carbocycles. The van der Waals surface area contributed by atoms with E-state index in [9.17, 15) is 9.90 Å². The van der Waals surface area contributed by atoms with Crippen molar-refractivity contribution in [2.24, 2.45) is 5.41 Å². The minimum Gasteiger partial charge on any atom is -0.491 e. The van der Waals surface area contributed by atoms with Crippen LogP contribution in [-0.4, -0.2) is 35.5 Å². The molecule has 5 nitrogen and oxygen atoms in total. The molecule has 1 atom stereocenters. The second kappa shape index (κ2) is 9.34. The van der Waals surface area contributed by atoms with Crippen molar-refractivity contribution in [1.82, 2.24) is 0 Å². The lowest BCUT2D eigenvalue weighted by Crippen LogP contribution is -2.32. The van der Waals surface area contributed by atoms with Gasteiger partial charge in [-0.25, -0.2) is 4.79 Å². The van der Waals surface area contributed by atoms with Crippen molar-refractivity contribution in [3.05, 3.63) is 47.5 Å². The summed E-state index contributed by atoms with van der Waals surface area (Å²) in [6, 6.07) is 11.6. The van der Waals surface area contributed by atoms with Crippen LogP contribution in [0.2, 0.25) is 0 Å². The van der Waals surface area contributed by atoms with Crippen LogP contribution in [0.4, 0.5) is 0 Å². The van der Waals surface area contributed by atoms with Gasteiger partial charge in [-0.15, -0.1) is 0 Å². The summed E-state index contributed by atoms with van der Waals surface area (Å²) in [5.74, 6) is 0.344. The van der Waals surface area contributed by atoms with Gasteiger partial charge in [0.2, 0.25) is 0 Å². The van der Waals surface area contributed by atoms with Crippen molar-refractivity contribution in [3.8, 4) is 11.5 Å². The molecule has 0 aromatic heterocycles. The molecule has 28 heavy (non-hydrogen) atoms. The third-order valence-corrected chi connectivity index (χ3v) is 5.26. The van der Waals surface area contributed by atoms with Gasteiger partial charge >= 0.3 is 5.97 Å². The number of carbonyl (C=O) groups is 1. The Morgan fingerprint density at radius 3 is 1.93 bits per heavy atom. The van der Waals surface area contributed by atoms with Crippen LogP contribution >= 0.6 is 11.8 Å². The second-order valence-electron chi connectivity index (χ2n) is 7.83. The fourth-order valence-corrected chi connectivity index (χ4v) is 3.40. The summed E-state index contributed by atoms with van der Waals surface area (Å²) in [6.45, 7) is 9.72. The van der Waals surface area contributed by atoms with Crippen molar-refractivity contribution >= 4 is 17.7 Å². The molecule has 0 spiro atoms. The highest BCUT2D eigenvalue weighted by Gasteiger charge is 2.22. The Bertz CT molecular complexity index is 826. The summed E-state index contributed by atoms with van der Waals surface area (Å²) in [5.41, 5.74) is 1.67. The molecule has 2 aromatic rings. The van der Waals surface area contributed by atoms with Crippen LogP contribution in [0.3, 0.4) is 0 Å². The van der Waals surface area contributed by atoms with E-state index in [4.69, 9.17) is 14.6 Å². The minimum absolute atomic E-state index is 0.220. The van der Waals surface area contributed by atoms with E-state index in [1.807, 2.05) is 65.0 Å². The van der Waals surface area contributed by atoms with Crippen molar-refractivity contribution in [3.63, 3.8) is 0 Å². The maximum atomic E-state index is 10.6. The second-order valence-corrected chi connectivity index (χ2v) is 8.98. The highest BCUT2D eigenvalue weighted by Crippen LogP contribution is 2.33. The molecule has 0 fully saturated rings. The Hall–Kier alpha value is -2.18. The molecule has 0 aliphatic rings. The first kappa shape index (κ1) is 22.1. The number of rotatable bonds is 8. The average Bonchev–Trinajstić information content (AvgIpc) is 2.59. The van der Waals surface area contributed by atoms with Crippen LogP contribution in [0.15, 0.2) is 46.2 Å². The normalized spacial score (nSPS) is 12.5. The number of aliphatic carboxylic acids is 1. The first-order chi connectivity index (χ1) is 13.1.